The average molecular weight is 427 g/mol. The summed E-state index contributed by atoms with van der Waals surface area (Å²) in [7, 11) is 0. The minimum atomic E-state index is -0.803. The highest BCUT2D eigenvalue weighted by Gasteiger charge is 2.44. The SMILES string of the molecule is O=C1OC(CCCO)(c2ccc(F)cc2)CCN1C1CCCN(Cc2ccccc2)C1. The molecule has 166 valence electrons. The second-order valence-electron chi connectivity index (χ2n) is 8.66. The average Bonchev–Trinajstić information content (AvgIpc) is 2.79. The van der Waals surface area contributed by atoms with E-state index in [1.54, 1.807) is 12.1 Å². The summed E-state index contributed by atoms with van der Waals surface area (Å²) in [5, 5.41) is 9.36. The molecule has 2 atom stereocenters. The summed E-state index contributed by atoms with van der Waals surface area (Å²) >= 11 is 0. The number of carbonyl (C=O) groups excluding carboxylic acids is 1. The normalized spacial score (nSPS) is 24.8. The van der Waals surface area contributed by atoms with Gasteiger partial charge in [-0.15, -0.1) is 0 Å². The topological polar surface area (TPSA) is 53.0 Å². The fourth-order valence-corrected chi connectivity index (χ4v) is 4.91. The molecule has 0 spiro atoms. The van der Waals surface area contributed by atoms with Crippen molar-refractivity contribution < 1.29 is 19.0 Å². The Hall–Kier alpha value is -2.44. The van der Waals surface area contributed by atoms with Gasteiger partial charge in [-0.25, -0.2) is 9.18 Å². The molecule has 1 amide bonds. The molecule has 2 unspecified atom stereocenters. The molecule has 2 aliphatic heterocycles. The molecule has 2 heterocycles. The van der Waals surface area contributed by atoms with E-state index in [1.807, 2.05) is 11.0 Å². The molecule has 1 N–H and O–H groups in total. The Labute approximate surface area is 183 Å². The number of benzene rings is 2. The van der Waals surface area contributed by atoms with Crippen molar-refractivity contribution in [1.29, 1.82) is 0 Å². The molecule has 2 aromatic rings. The van der Waals surface area contributed by atoms with E-state index in [0.717, 1.165) is 38.0 Å². The molecule has 31 heavy (non-hydrogen) atoms. The van der Waals surface area contributed by atoms with E-state index in [2.05, 4.69) is 29.2 Å². The largest absolute Gasteiger partial charge is 0.438 e. The van der Waals surface area contributed by atoms with Gasteiger partial charge in [-0.2, -0.15) is 0 Å². The molecule has 0 bridgehead atoms. The number of nitrogens with zero attached hydrogens (tertiary/aromatic N) is 2. The van der Waals surface area contributed by atoms with Gasteiger partial charge in [-0.05, 0) is 55.5 Å². The molecular weight excluding hydrogens is 395 g/mol. The number of hydrogen-bond acceptors (Lipinski definition) is 4. The smallest absolute Gasteiger partial charge is 0.410 e. The van der Waals surface area contributed by atoms with E-state index in [4.69, 9.17) is 4.74 Å². The predicted molar refractivity (Wildman–Crippen MR) is 117 cm³/mol. The first-order valence-corrected chi connectivity index (χ1v) is 11.2. The first-order chi connectivity index (χ1) is 15.1. The first kappa shape index (κ1) is 21.8. The fourth-order valence-electron chi connectivity index (χ4n) is 4.91. The molecule has 2 aromatic carbocycles. The lowest BCUT2D eigenvalue weighted by molar-refractivity contribution is -0.0744. The van der Waals surface area contributed by atoms with Gasteiger partial charge in [0, 0.05) is 38.7 Å². The van der Waals surface area contributed by atoms with E-state index in [-0.39, 0.29) is 24.6 Å². The highest BCUT2D eigenvalue weighted by Crippen LogP contribution is 2.39. The van der Waals surface area contributed by atoms with Crippen LogP contribution in [-0.2, 0) is 16.9 Å². The van der Waals surface area contributed by atoms with Crippen molar-refractivity contribution in [1.82, 2.24) is 9.80 Å². The minimum absolute atomic E-state index is 0.0290. The highest BCUT2D eigenvalue weighted by molar-refractivity contribution is 5.70. The van der Waals surface area contributed by atoms with Crippen LogP contribution in [0.2, 0.25) is 0 Å². The van der Waals surface area contributed by atoms with E-state index in [1.165, 1.54) is 17.7 Å². The predicted octanol–water partition coefficient (Wildman–Crippen LogP) is 4.30. The van der Waals surface area contributed by atoms with E-state index in [0.29, 0.717) is 25.8 Å². The van der Waals surface area contributed by atoms with Crippen LogP contribution in [0.25, 0.3) is 0 Å². The van der Waals surface area contributed by atoms with E-state index < -0.39 is 5.60 Å². The Morgan fingerprint density at radius 3 is 2.58 bits per heavy atom. The number of aliphatic hydroxyl groups excluding tert-OH is 1. The maximum Gasteiger partial charge on any atom is 0.410 e. The summed E-state index contributed by atoms with van der Waals surface area (Å²) in [4.78, 5) is 17.4. The Kier molecular flexibility index (Phi) is 6.88. The molecule has 0 radical (unpaired) electrons. The van der Waals surface area contributed by atoms with E-state index in [9.17, 15) is 14.3 Å². The number of amides is 1. The third-order valence-electron chi connectivity index (χ3n) is 6.55. The third-order valence-corrected chi connectivity index (χ3v) is 6.55. The Morgan fingerprint density at radius 2 is 1.87 bits per heavy atom. The third kappa shape index (κ3) is 5.08. The zero-order chi connectivity index (χ0) is 21.7. The number of likely N-dealkylation sites (tertiary alicyclic amines) is 1. The van der Waals surface area contributed by atoms with Crippen LogP contribution in [0, 0.1) is 5.82 Å². The summed E-state index contributed by atoms with van der Waals surface area (Å²) in [5.41, 5.74) is 1.27. The quantitative estimate of drug-likeness (QED) is 0.717. The van der Waals surface area contributed by atoms with Crippen molar-refractivity contribution in [2.45, 2.75) is 50.3 Å². The summed E-state index contributed by atoms with van der Waals surface area (Å²) in [5.74, 6) is -0.314. The summed E-state index contributed by atoms with van der Waals surface area (Å²) in [6, 6.07) is 16.7. The lowest BCUT2D eigenvalue weighted by atomic mass is 9.84. The van der Waals surface area contributed by atoms with Crippen molar-refractivity contribution in [2.75, 3.05) is 26.2 Å². The van der Waals surface area contributed by atoms with Crippen LogP contribution in [0.4, 0.5) is 9.18 Å². The summed E-state index contributed by atoms with van der Waals surface area (Å²) < 4.78 is 19.5. The number of cyclic esters (lactones) is 1. The van der Waals surface area contributed by atoms with Crippen LogP contribution in [-0.4, -0.2) is 53.3 Å². The molecule has 2 aliphatic rings. The maximum absolute atomic E-state index is 13.4. The van der Waals surface area contributed by atoms with Gasteiger partial charge < -0.3 is 14.7 Å². The number of rotatable bonds is 7. The highest BCUT2D eigenvalue weighted by atomic mass is 19.1. The van der Waals surface area contributed by atoms with Gasteiger partial charge in [0.2, 0.25) is 0 Å². The molecule has 0 aromatic heterocycles. The summed E-state index contributed by atoms with van der Waals surface area (Å²) in [6.07, 6.45) is 3.41. The molecule has 2 saturated heterocycles. The molecule has 4 rings (SSSR count). The monoisotopic (exact) mass is 426 g/mol. The van der Waals surface area contributed by atoms with Crippen molar-refractivity contribution in [2.24, 2.45) is 0 Å². The standard InChI is InChI=1S/C25H31FN2O3/c26-22-11-9-21(10-12-22)25(13-5-17-29)14-16-28(24(30)31-25)23-8-4-15-27(19-23)18-20-6-2-1-3-7-20/h1-3,6-7,9-12,23,29H,4-5,8,13-19H2. The molecule has 6 heteroatoms. The first-order valence-electron chi connectivity index (χ1n) is 11.2. The Bertz CT molecular complexity index is 861. The number of carbonyl (C=O) groups is 1. The van der Waals surface area contributed by atoms with Crippen molar-refractivity contribution in [3.8, 4) is 0 Å². The number of aliphatic hydroxyl groups is 1. The lowest BCUT2D eigenvalue weighted by Crippen LogP contribution is -2.56. The van der Waals surface area contributed by atoms with E-state index >= 15 is 0 Å². The molecular formula is C25H31FN2O3. The van der Waals surface area contributed by atoms with Crippen molar-refractivity contribution in [3.63, 3.8) is 0 Å². The molecule has 5 nitrogen and oxygen atoms in total. The second-order valence-corrected chi connectivity index (χ2v) is 8.66. The van der Waals surface area contributed by atoms with Crippen LogP contribution in [0.15, 0.2) is 54.6 Å². The van der Waals surface area contributed by atoms with Gasteiger partial charge >= 0.3 is 6.09 Å². The van der Waals surface area contributed by atoms with Crippen molar-refractivity contribution >= 4 is 6.09 Å². The number of hydrogen-bond donors (Lipinski definition) is 1. The Balaban J connectivity index is 1.44. The number of halogens is 1. The zero-order valence-corrected chi connectivity index (χ0v) is 17.9. The molecule has 0 aliphatic carbocycles. The van der Waals surface area contributed by atoms with Crippen LogP contribution in [0.1, 0.15) is 43.2 Å². The molecule has 2 fully saturated rings. The van der Waals surface area contributed by atoms with Gasteiger partial charge in [-0.1, -0.05) is 42.5 Å². The van der Waals surface area contributed by atoms with Crippen LogP contribution in [0.5, 0.6) is 0 Å². The Morgan fingerprint density at radius 1 is 1.10 bits per heavy atom. The van der Waals surface area contributed by atoms with Gasteiger partial charge in [0.05, 0.1) is 0 Å². The molecule has 0 saturated carbocycles. The van der Waals surface area contributed by atoms with Gasteiger partial charge in [0.1, 0.15) is 11.4 Å². The van der Waals surface area contributed by atoms with Crippen LogP contribution in [0.3, 0.4) is 0 Å². The fraction of sp³-hybridized carbons (Fsp3) is 0.480. The lowest BCUT2D eigenvalue weighted by Gasteiger charge is -2.46. The van der Waals surface area contributed by atoms with Crippen LogP contribution >= 0.6 is 0 Å². The summed E-state index contributed by atoms with van der Waals surface area (Å²) in [6.45, 7) is 3.39. The van der Waals surface area contributed by atoms with Gasteiger partial charge in [0.15, 0.2) is 0 Å². The van der Waals surface area contributed by atoms with Crippen molar-refractivity contribution in [3.05, 3.63) is 71.5 Å². The van der Waals surface area contributed by atoms with Gasteiger partial charge in [0.25, 0.3) is 0 Å². The second kappa shape index (κ2) is 9.79. The van der Waals surface area contributed by atoms with Crippen LogP contribution < -0.4 is 0 Å². The maximum atomic E-state index is 13.4. The number of ether oxygens (including phenoxy) is 1. The minimum Gasteiger partial charge on any atom is -0.438 e. The number of piperidine rings is 1. The van der Waals surface area contributed by atoms with Gasteiger partial charge in [-0.3, -0.25) is 4.90 Å². The zero-order valence-electron chi connectivity index (χ0n) is 17.9.